The lowest BCUT2D eigenvalue weighted by molar-refractivity contribution is -0.120. The molecule has 5 heteroatoms. The third-order valence-electron chi connectivity index (χ3n) is 1.32. The summed E-state index contributed by atoms with van der Waals surface area (Å²) >= 11 is 0. The average Bonchev–Trinajstić information content (AvgIpc) is 1.86. The molecule has 0 aliphatic carbocycles. The molecule has 0 rings (SSSR count). The molecular weight excluding hydrogens is 146 g/mol. The number of carbonyl (C=O) groups excluding carboxylic acids is 1. The van der Waals surface area contributed by atoms with E-state index >= 15 is 0 Å². The molecule has 0 radical (unpaired) electrons. The van der Waals surface area contributed by atoms with Crippen LogP contribution in [0.2, 0.25) is 0 Å². The second-order valence-corrected chi connectivity index (χ2v) is 2.35. The number of carbonyl (C=O) groups is 1. The molecule has 0 saturated carbocycles. The van der Waals surface area contributed by atoms with Gasteiger partial charge >= 0.3 is 0 Å². The van der Waals surface area contributed by atoms with Crippen LogP contribution in [0.15, 0.2) is 0 Å². The van der Waals surface area contributed by atoms with Gasteiger partial charge in [-0.05, 0) is 19.9 Å². The van der Waals surface area contributed by atoms with Crippen molar-refractivity contribution in [3.8, 4) is 0 Å². The first-order valence-corrected chi connectivity index (χ1v) is 3.48. The zero-order valence-electron chi connectivity index (χ0n) is 6.58. The maximum absolute atomic E-state index is 10.8. The molecule has 0 saturated heterocycles. The van der Waals surface area contributed by atoms with Crippen molar-refractivity contribution in [2.24, 2.45) is 11.5 Å². The van der Waals surface area contributed by atoms with E-state index in [-0.39, 0.29) is 5.78 Å². The number of aliphatic hydroxyl groups excluding tert-OH is 1. The second kappa shape index (κ2) is 5.20. The lowest BCUT2D eigenvalue weighted by atomic mass is 10.1. The predicted molar refractivity (Wildman–Crippen MR) is 41.5 cm³/mol. The summed E-state index contributed by atoms with van der Waals surface area (Å²) in [5.74, 6) is -0.0695. The Labute approximate surface area is 65.7 Å². The van der Waals surface area contributed by atoms with Crippen LogP contribution in [0.3, 0.4) is 0 Å². The molecule has 0 aromatic carbocycles. The first-order chi connectivity index (χ1) is 5.07. The Balaban J connectivity index is 3.79. The van der Waals surface area contributed by atoms with E-state index in [1.807, 2.05) is 0 Å². The van der Waals surface area contributed by atoms with Crippen LogP contribution in [-0.2, 0) is 4.79 Å². The van der Waals surface area contributed by atoms with Crippen molar-refractivity contribution in [3.63, 3.8) is 0 Å². The molecule has 0 amide bonds. The Morgan fingerprint density at radius 3 is 2.55 bits per heavy atom. The van der Waals surface area contributed by atoms with Gasteiger partial charge in [-0.15, -0.1) is 0 Å². The van der Waals surface area contributed by atoms with Crippen LogP contribution in [0.1, 0.15) is 13.3 Å². The summed E-state index contributed by atoms with van der Waals surface area (Å²) in [6.45, 7) is 1.82. The average molecular weight is 161 g/mol. The number of ketones is 1. The molecular formula is C6H15N3O2. The topological polar surface area (TPSA) is 101 Å². The number of hydrogen-bond acceptors (Lipinski definition) is 5. The van der Waals surface area contributed by atoms with Gasteiger partial charge in [0.1, 0.15) is 5.78 Å². The molecule has 0 aromatic rings. The minimum absolute atomic E-state index is 0.0695. The van der Waals surface area contributed by atoms with E-state index < -0.39 is 12.4 Å². The Hall–Kier alpha value is -0.490. The van der Waals surface area contributed by atoms with Gasteiger partial charge in [0.05, 0.1) is 6.04 Å². The Kier molecular flexibility index (Phi) is 4.97. The van der Waals surface area contributed by atoms with Crippen LogP contribution in [-0.4, -0.2) is 29.8 Å². The van der Waals surface area contributed by atoms with Crippen LogP contribution in [0, 0.1) is 0 Å². The normalized spacial score (nSPS) is 16.0. The Bertz CT molecular complexity index is 127. The van der Waals surface area contributed by atoms with Crippen LogP contribution < -0.4 is 16.8 Å². The quantitative estimate of drug-likeness (QED) is 0.353. The van der Waals surface area contributed by atoms with Crippen molar-refractivity contribution in [1.82, 2.24) is 5.32 Å². The molecule has 0 heterocycles. The monoisotopic (exact) mass is 161 g/mol. The number of rotatable bonds is 5. The standard InChI is InChI=1S/C6H15N3O2/c1-4(10)5(2-3-7)9-6(8)11/h5-6,9,11H,2-3,7-8H2,1H3. The zero-order valence-corrected chi connectivity index (χ0v) is 6.58. The second-order valence-electron chi connectivity index (χ2n) is 2.35. The highest BCUT2D eigenvalue weighted by Gasteiger charge is 2.13. The maximum Gasteiger partial charge on any atom is 0.158 e. The van der Waals surface area contributed by atoms with Crippen molar-refractivity contribution in [2.45, 2.75) is 25.7 Å². The first-order valence-electron chi connectivity index (χ1n) is 3.48. The molecule has 11 heavy (non-hydrogen) atoms. The summed E-state index contributed by atoms with van der Waals surface area (Å²) in [4.78, 5) is 10.8. The minimum Gasteiger partial charge on any atom is -0.366 e. The molecule has 6 N–H and O–H groups in total. The molecule has 0 aromatic heterocycles. The predicted octanol–water partition coefficient (Wildman–Crippen LogP) is -1.88. The summed E-state index contributed by atoms with van der Waals surface area (Å²) in [5.41, 5.74) is 10.2. The lowest BCUT2D eigenvalue weighted by Gasteiger charge is -2.16. The number of Topliss-reactive ketones (excluding diaryl/α,β-unsaturated/α-hetero) is 1. The minimum atomic E-state index is -1.16. The summed E-state index contributed by atoms with van der Waals surface area (Å²) in [5, 5.41) is 11.2. The van der Waals surface area contributed by atoms with E-state index in [0.29, 0.717) is 13.0 Å². The van der Waals surface area contributed by atoms with Crippen molar-refractivity contribution in [1.29, 1.82) is 0 Å². The van der Waals surface area contributed by atoms with Gasteiger partial charge in [0.25, 0.3) is 0 Å². The Morgan fingerprint density at radius 2 is 2.27 bits per heavy atom. The van der Waals surface area contributed by atoms with E-state index in [1.165, 1.54) is 6.92 Å². The zero-order chi connectivity index (χ0) is 8.85. The highest BCUT2D eigenvalue weighted by Crippen LogP contribution is 1.91. The summed E-state index contributed by atoms with van der Waals surface area (Å²) in [6, 6.07) is -0.431. The molecule has 0 bridgehead atoms. The van der Waals surface area contributed by atoms with Gasteiger partial charge in [-0.25, -0.2) is 0 Å². The van der Waals surface area contributed by atoms with Crippen LogP contribution in [0.4, 0.5) is 0 Å². The van der Waals surface area contributed by atoms with E-state index in [1.54, 1.807) is 0 Å². The van der Waals surface area contributed by atoms with Gasteiger partial charge in [-0.1, -0.05) is 0 Å². The number of hydrogen-bond donors (Lipinski definition) is 4. The highest BCUT2D eigenvalue weighted by atomic mass is 16.3. The largest absolute Gasteiger partial charge is 0.366 e. The first kappa shape index (κ1) is 10.5. The molecule has 5 nitrogen and oxygen atoms in total. The van der Waals surface area contributed by atoms with Crippen molar-refractivity contribution >= 4 is 5.78 Å². The number of nitrogens with two attached hydrogens (primary N) is 2. The van der Waals surface area contributed by atoms with Crippen LogP contribution >= 0.6 is 0 Å². The molecule has 0 aliphatic heterocycles. The lowest BCUT2D eigenvalue weighted by Crippen LogP contribution is -2.47. The fraction of sp³-hybridized carbons (Fsp3) is 0.833. The highest BCUT2D eigenvalue weighted by molar-refractivity contribution is 5.81. The van der Waals surface area contributed by atoms with Crippen LogP contribution in [0.5, 0.6) is 0 Å². The van der Waals surface area contributed by atoms with Gasteiger partial charge in [0, 0.05) is 0 Å². The van der Waals surface area contributed by atoms with Crippen molar-refractivity contribution in [3.05, 3.63) is 0 Å². The third-order valence-corrected chi connectivity index (χ3v) is 1.32. The van der Waals surface area contributed by atoms with Gasteiger partial charge in [0.15, 0.2) is 6.35 Å². The van der Waals surface area contributed by atoms with Crippen LogP contribution in [0.25, 0.3) is 0 Å². The summed E-state index contributed by atoms with van der Waals surface area (Å²) in [6.07, 6.45) is -0.667. The van der Waals surface area contributed by atoms with Crippen molar-refractivity contribution in [2.75, 3.05) is 6.54 Å². The van der Waals surface area contributed by atoms with Gasteiger partial charge in [-0.3, -0.25) is 15.8 Å². The molecule has 66 valence electrons. The fourth-order valence-corrected chi connectivity index (χ4v) is 0.777. The number of nitrogens with one attached hydrogen (secondary N) is 1. The molecule has 2 atom stereocenters. The SMILES string of the molecule is CC(=O)C(CCN)NC(N)O. The third kappa shape index (κ3) is 4.86. The fourth-order valence-electron chi connectivity index (χ4n) is 0.777. The maximum atomic E-state index is 10.8. The summed E-state index contributed by atoms with van der Waals surface area (Å²) in [7, 11) is 0. The van der Waals surface area contributed by atoms with Gasteiger partial charge < -0.3 is 10.8 Å². The molecule has 0 fully saturated rings. The molecule has 0 aliphatic rings. The van der Waals surface area contributed by atoms with E-state index in [9.17, 15) is 4.79 Å². The van der Waals surface area contributed by atoms with Gasteiger partial charge in [0.2, 0.25) is 0 Å². The van der Waals surface area contributed by atoms with Crippen molar-refractivity contribution < 1.29 is 9.90 Å². The van der Waals surface area contributed by atoms with Gasteiger partial charge in [-0.2, -0.15) is 0 Å². The van der Waals surface area contributed by atoms with E-state index in [4.69, 9.17) is 16.6 Å². The summed E-state index contributed by atoms with van der Waals surface area (Å²) < 4.78 is 0. The molecule has 0 spiro atoms. The Morgan fingerprint density at radius 1 is 1.73 bits per heavy atom. The van der Waals surface area contributed by atoms with E-state index in [0.717, 1.165) is 0 Å². The van der Waals surface area contributed by atoms with E-state index in [2.05, 4.69) is 5.32 Å². The molecule has 2 unspecified atom stereocenters. The smallest absolute Gasteiger partial charge is 0.158 e. The number of aliphatic hydroxyl groups is 1.